The number of benzene rings is 9. The Morgan fingerprint density at radius 1 is 0.326 bits per heavy atom. The first-order valence-electron chi connectivity index (χ1n) is 27.6. The van der Waals surface area contributed by atoms with Gasteiger partial charge >= 0.3 is 37.1 Å². The van der Waals surface area contributed by atoms with Crippen molar-refractivity contribution in [3.63, 3.8) is 0 Å². The smallest absolute Gasteiger partial charge is 0.308 e. The van der Waals surface area contributed by atoms with Crippen LogP contribution in [0.15, 0.2) is 170 Å². The van der Waals surface area contributed by atoms with Crippen LogP contribution in [0.3, 0.4) is 0 Å². The summed E-state index contributed by atoms with van der Waals surface area (Å²) < 4.78 is 266. The standard InChI is InChI=1S/C70H40F18N4/c1-34-5-13-48(55(21-34)68(80,81)82)40-7-15-53-54-17-9-42(50-20-12-46(67(77,78)79)32-57(50)70(86,87)88)30-61(54)92(59(53)28-40)63-26-38(33-89)25-62(64(63)43-23-36(3)90-37(4)24-43)91-58-27-39(47-18-10-44(22-35(47)2)65(71,72)73)6-14-51(58)52-16-8-41(29-60(52)91)49-19-11-45(66(74,75)76)31-56(49)69(83,84)85/h5-32H,1-4H3. The van der Waals surface area contributed by atoms with E-state index in [1.807, 2.05) is 0 Å². The predicted octanol–water partition coefficient (Wildman–Crippen LogP) is 22.8. The number of rotatable bonds is 7. The Bertz CT molecular complexity index is 5060. The molecule has 0 aliphatic heterocycles. The summed E-state index contributed by atoms with van der Waals surface area (Å²) in [6.45, 7) is 6.12. The molecule has 0 spiro atoms. The van der Waals surface area contributed by atoms with E-state index >= 15 is 39.5 Å². The lowest BCUT2D eigenvalue weighted by Crippen LogP contribution is -2.12. The van der Waals surface area contributed by atoms with Crippen LogP contribution in [0.5, 0.6) is 0 Å². The molecule has 0 fully saturated rings. The summed E-state index contributed by atoms with van der Waals surface area (Å²) in [6.07, 6.45) is -30.9. The van der Waals surface area contributed by atoms with Gasteiger partial charge in [0.05, 0.1) is 78.5 Å². The van der Waals surface area contributed by atoms with Gasteiger partial charge in [-0.15, -0.1) is 0 Å². The van der Waals surface area contributed by atoms with Crippen molar-refractivity contribution < 1.29 is 79.0 Å². The van der Waals surface area contributed by atoms with Gasteiger partial charge in [0.15, 0.2) is 0 Å². The average Bonchev–Trinajstić information content (AvgIpc) is 1.56. The topological polar surface area (TPSA) is 46.5 Å². The number of aryl methyl sites for hydroxylation is 4. The number of hydrogen-bond donors (Lipinski definition) is 0. The molecule has 0 aliphatic carbocycles. The number of hydrogen-bond acceptors (Lipinski definition) is 2. The molecule has 12 aromatic rings. The number of aromatic nitrogens is 3. The van der Waals surface area contributed by atoms with Gasteiger partial charge in [0.1, 0.15) is 0 Å². The molecule has 3 aromatic heterocycles. The van der Waals surface area contributed by atoms with Crippen molar-refractivity contribution in [2.24, 2.45) is 0 Å². The molecule has 4 nitrogen and oxygen atoms in total. The van der Waals surface area contributed by atoms with E-state index in [0.717, 1.165) is 18.2 Å². The summed E-state index contributed by atoms with van der Waals surface area (Å²) in [5.41, 5.74) is -8.84. The van der Waals surface area contributed by atoms with Gasteiger partial charge in [-0.2, -0.15) is 84.3 Å². The summed E-state index contributed by atoms with van der Waals surface area (Å²) in [5, 5.41) is 12.3. The van der Waals surface area contributed by atoms with Crippen molar-refractivity contribution in [2.75, 3.05) is 0 Å². The van der Waals surface area contributed by atoms with Crippen LogP contribution in [0, 0.1) is 39.0 Å². The lowest BCUT2D eigenvalue weighted by molar-refractivity contribution is -0.144. The van der Waals surface area contributed by atoms with E-state index in [9.17, 15) is 44.8 Å². The molecule has 0 bridgehead atoms. The minimum atomic E-state index is -5.38. The summed E-state index contributed by atoms with van der Waals surface area (Å²) in [7, 11) is 0. The van der Waals surface area contributed by atoms with Crippen LogP contribution in [0.4, 0.5) is 79.0 Å². The van der Waals surface area contributed by atoms with E-state index < -0.39 is 81.6 Å². The number of pyridine rings is 1. The van der Waals surface area contributed by atoms with Gasteiger partial charge in [-0.25, -0.2) is 0 Å². The maximum atomic E-state index is 15.1. The van der Waals surface area contributed by atoms with Gasteiger partial charge < -0.3 is 9.13 Å². The Kier molecular flexibility index (Phi) is 14.6. The average molecular weight is 1280 g/mol. The fourth-order valence-electron chi connectivity index (χ4n) is 12.3. The second-order valence-electron chi connectivity index (χ2n) is 22.3. The predicted molar refractivity (Wildman–Crippen MR) is 314 cm³/mol. The Morgan fingerprint density at radius 3 is 0.989 bits per heavy atom. The lowest BCUT2D eigenvalue weighted by atomic mass is 9.95. The van der Waals surface area contributed by atoms with Crippen LogP contribution in [0.25, 0.3) is 111 Å². The molecular formula is C70H40F18N4. The maximum Gasteiger partial charge on any atom is 0.417 e. The summed E-state index contributed by atoms with van der Waals surface area (Å²) in [6, 6.07) is 33.6. The number of nitrogens with zero attached hydrogens (tertiary/aromatic N) is 4. The molecule has 92 heavy (non-hydrogen) atoms. The molecule has 0 saturated carbocycles. The molecule has 466 valence electrons. The SMILES string of the molecule is Cc1ccc(-c2ccc3c4ccc(-c5ccc(C(F)(F)F)cc5C(F)(F)F)cc4n(-c4cc(C#N)cc(-n5c6cc(-c7ccc(C(F)(F)F)cc7C)ccc6c6ccc(-c7ccc(C(F)(F)F)cc7C(F)(F)F)cc65)c4-c4cc(C)nc(C)c4)c3c2)c(C(F)(F)F)c1. The van der Waals surface area contributed by atoms with Crippen molar-refractivity contribution in [3.8, 4) is 73.1 Å². The third-order valence-corrected chi connectivity index (χ3v) is 16.2. The van der Waals surface area contributed by atoms with Crippen LogP contribution in [-0.2, 0) is 37.1 Å². The van der Waals surface area contributed by atoms with Crippen molar-refractivity contribution in [3.05, 3.63) is 231 Å². The Morgan fingerprint density at radius 2 is 0.652 bits per heavy atom. The van der Waals surface area contributed by atoms with E-state index in [1.54, 1.807) is 44.2 Å². The van der Waals surface area contributed by atoms with Gasteiger partial charge in [0, 0.05) is 38.5 Å². The van der Waals surface area contributed by atoms with Gasteiger partial charge in [-0.05, 0) is 174 Å². The minimum absolute atomic E-state index is 0.00625. The zero-order chi connectivity index (χ0) is 66.3. The van der Waals surface area contributed by atoms with Gasteiger partial charge in [0.2, 0.25) is 0 Å². The second kappa shape index (κ2) is 21.6. The zero-order valence-electron chi connectivity index (χ0n) is 47.8. The van der Waals surface area contributed by atoms with Crippen LogP contribution in [0.1, 0.15) is 61.5 Å². The minimum Gasteiger partial charge on any atom is -0.308 e. The summed E-state index contributed by atoms with van der Waals surface area (Å²) in [5.74, 6) is 0. The van der Waals surface area contributed by atoms with Crippen LogP contribution in [0.2, 0.25) is 0 Å². The van der Waals surface area contributed by atoms with Gasteiger partial charge in [-0.3, -0.25) is 4.98 Å². The Hall–Kier alpha value is -10.0. The highest BCUT2D eigenvalue weighted by Crippen LogP contribution is 2.50. The lowest BCUT2D eigenvalue weighted by Gasteiger charge is -2.22. The summed E-state index contributed by atoms with van der Waals surface area (Å²) >= 11 is 0. The molecule has 0 atom stereocenters. The molecule has 12 rings (SSSR count). The van der Waals surface area contributed by atoms with E-state index in [2.05, 4.69) is 11.1 Å². The third-order valence-electron chi connectivity index (χ3n) is 16.2. The van der Waals surface area contributed by atoms with Crippen molar-refractivity contribution >= 4 is 43.6 Å². The normalized spacial score (nSPS) is 12.9. The van der Waals surface area contributed by atoms with Crippen LogP contribution >= 0.6 is 0 Å². The first kappa shape index (κ1) is 62.2. The molecule has 0 saturated heterocycles. The fourth-order valence-corrected chi connectivity index (χ4v) is 12.3. The van der Waals surface area contributed by atoms with Crippen molar-refractivity contribution in [1.82, 2.24) is 14.1 Å². The maximum absolute atomic E-state index is 15.1. The van der Waals surface area contributed by atoms with Crippen molar-refractivity contribution in [2.45, 2.75) is 64.8 Å². The molecule has 22 heteroatoms. The zero-order valence-corrected chi connectivity index (χ0v) is 47.8. The van der Waals surface area contributed by atoms with E-state index in [0.29, 0.717) is 46.6 Å². The first-order chi connectivity index (χ1) is 43.0. The Balaban J connectivity index is 1.26. The number of nitriles is 1. The number of alkyl halides is 18. The summed E-state index contributed by atoms with van der Waals surface area (Å²) in [4.78, 5) is 4.57. The molecule has 9 aromatic carbocycles. The largest absolute Gasteiger partial charge is 0.417 e. The molecule has 0 unspecified atom stereocenters. The van der Waals surface area contributed by atoms with Gasteiger partial charge in [-0.1, -0.05) is 84.4 Å². The fraction of sp³-hybridized carbons (Fsp3) is 0.143. The van der Waals surface area contributed by atoms with E-state index in [1.165, 1.54) is 108 Å². The van der Waals surface area contributed by atoms with E-state index in [4.69, 9.17) is 0 Å². The number of fused-ring (bicyclic) bond motifs is 6. The Labute approximate surface area is 509 Å². The second-order valence-corrected chi connectivity index (χ2v) is 22.3. The molecule has 0 amide bonds. The number of halogens is 18. The molecule has 0 aliphatic rings. The molecular weight excluding hydrogens is 1240 g/mol. The highest BCUT2D eigenvalue weighted by Gasteiger charge is 2.41. The monoisotopic (exact) mass is 1280 g/mol. The van der Waals surface area contributed by atoms with Crippen LogP contribution < -0.4 is 0 Å². The van der Waals surface area contributed by atoms with Crippen molar-refractivity contribution in [1.29, 1.82) is 5.26 Å². The third kappa shape index (κ3) is 11.1. The first-order valence-corrected chi connectivity index (χ1v) is 27.6. The molecule has 0 radical (unpaired) electrons. The highest BCUT2D eigenvalue weighted by molar-refractivity contribution is 6.14. The quantitative estimate of drug-likeness (QED) is 0.149. The van der Waals surface area contributed by atoms with Gasteiger partial charge in [0.25, 0.3) is 0 Å². The van der Waals surface area contributed by atoms with E-state index in [-0.39, 0.29) is 117 Å². The molecule has 3 heterocycles. The van der Waals surface area contributed by atoms with Crippen LogP contribution in [-0.4, -0.2) is 14.1 Å². The highest BCUT2D eigenvalue weighted by atomic mass is 19.4. The molecule has 0 N–H and O–H groups in total.